The normalized spacial score (nSPS) is 15.1. The molecule has 6 heteroatoms. The van der Waals surface area contributed by atoms with Gasteiger partial charge in [-0.2, -0.15) is 5.10 Å². The Morgan fingerprint density at radius 3 is 2.90 bits per heavy atom. The zero-order chi connectivity index (χ0) is 13.7. The zero-order valence-corrected chi connectivity index (χ0v) is 11.6. The van der Waals surface area contributed by atoms with E-state index in [4.69, 9.17) is 22.3 Å². The number of nitrogens with zero attached hydrogens (tertiary/aromatic N) is 4. The fourth-order valence-corrected chi connectivity index (χ4v) is 2.86. The Labute approximate surface area is 121 Å². The van der Waals surface area contributed by atoms with E-state index < -0.39 is 0 Å². The number of halogens is 1. The molecule has 1 aromatic carbocycles. The lowest BCUT2D eigenvalue weighted by Crippen LogP contribution is -2.08. The van der Waals surface area contributed by atoms with Crippen molar-refractivity contribution in [2.24, 2.45) is 0 Å². The largest absolute Gasteiger partial charge is 0.396 e. The first-order valence-electron chi connectivity index (χ1n) is 6.65. The van der Waals surface area contributed by atoms with Gasteiger partial charge in [0.25, 0.3) is 0 Å². The van der Waals surface area contributed by atoms with E-state index in [9.17, 15) is 0 Å². The van der Waals surface area contributed by atoms with Crippen molar-refractivity contribution in [3.63, 3.8) is 0 Å². The topological polar surface area (TPSA) is 61.7 Å². The zero-order valence-electron chi connectivity index (χ0n) is 10.8. The van der Waals surface area contributed by atoms with Crippen LogP contribution in [-0.2, 0) is 6.54 Å². The molecule has 102 valence electrons. The first-order chi connectivity index (χ1) is 9.72. The van der Waals surface area contributed by atoms with Crippen LogP contribution in [0.15, 0.2) is 30.6 Å². The lowest BCUT2D eigenvalue weighted by atomic mass is 10.3. The summed E-state index contributed by atoms with van der Waals surface area (Å²) in [6.07, 6.45) is 5.84. The molecule has 0 atom stereocenters. The Hall–Kier alpha value is -2.01. The highest BCUT2D eigenvalue weighted by molar-refractivity contribution is 6.35. The Morgan fingerprint density at radius 2 is 2.20 bits per heavy atom. The van der Waals surface area contributed by atoms with Crippen LogP contribution >= 0.6 is 11.6 Å². The minimum Gasteiger partial charge on any atom is -0.396 e. The summed E-state index contributed by atoms with van der Waals surface area (Å²) in [6, 6.07) is 6.37. The van der Waals surface area contributed by atoms with Crippen molar-refractivity contribution in [2.45, 2.75) is 25.4 Å². The van der Waals surface area contributed by atoms with Crippen LogP contribution in [0.4, 0.5) is 5.69 Å². The van der Waals surface area contributed by atoms with Crippen LogP contribution in [0.1, 0.15) is 24.7 Å². The Bertz CT molecular complexity index is 784. The standard InChI is InChI=1S/C14H14ClN5/c15-11-2-1-3-12-14(11)20(10-4-5-10)13(18-12)8-19-7-9(16)6-17-19/h1-3,6-7,10H,4-5,8,16H2. The molecule has 2 aromatic heterocycles. The average Bonchev–Trinajstić information content (AvgIpc) is 3.07. The van der Waals surface area contributed by atoms with Gasteiger partial charge in [0, 0.05) is 12.2 Å². The molecular weight excluding hydrogens is 274 g/mol. The molecule has 1 aliphatic carbocycles. The predicted molar refractivity (Wildman–Crippen MR) is 78.8 cm³/mol. The highest BCUT2D eigenvalue weighted by Crippen LogP contribution is 2.40. The van der Waals surface area contributed by atoms with Gasteiger partial charge in [0.15, 0.2) is 0 Å². The number of hydrogen-bond acceptors (Lipinski definition) is 3. The smallest absolute Gasteiger partial charge is 0.131 e. The van der Waals surface area contributed by atoms with Crippen LogP contribution in [-0.4, -0.2) is 19.3 Å². The lowest BCUT2D eigenvalue weighted by Gasteiger charge is -2.08. The molecule has 1 fully saturated rings. The maximum atomic E-state index is 6.35. The number of para-hydroxylation sites is 1. The Kier molecular flexibility index (Phi) is 2.50. The Morgan fingerprint density at radius 1 is 1.35 bits per heavy atom. The fourth-order valence-electron chi connectivity index (χ4n) is 2.60. The third kappa shape index (κ3) is 1.86. The third-order valence-electron chi connectivity index (χ3n) is 3.60. The van der Waals surface area contributed by atoms with Crippen LogP contribution in [0.2, 0.25) is 5.02 Å². The van der Waals surface area contributed by atoms with Crippen molar-refractivity contribution in [2.75, 3.05) is 5.73 Å². The minimum absolute atomic E-state index is 0.516. The fraction of sp³-hybridized carbons (Fsp3) is 0.286. The highest BCUT2D eigenvalue weighted by atomic mass is 35.5. The van der Waals surface area contributed by atoms with E-state index in [0.717, 1.165) is 21.9 Å². The van der Waals surface area contributed by atoms with Crippen molar-refractivity contribution in [1.82, 2.24) is 19.3 Å². The number of aromatic nitrogens is 4. The van der Waals surface area contributed by atoms with E-state index in [2.05, 4.69) is 9.67 Å². The average molecular weight is 288 g/mol. The molecule has 1 saturated carbocycles. The molecule has 2 heterocycles. The van der Waals surface area contributed by atoms with Gasteiger partial charge in [-0.05, 0) is 25.0 Å². The van der Waals surface area contributed by atoms with Gasteiger partial charge in [-0.1, -0.05) is 17.7 Å². The van der Waals surface area contributed by atoms with E-state index in [1.165, 1.54) is 12.8 Å². The second-order valence-corrected chi connectivity index (χ2v) is 5.62. The van der Waals surface area contributed by atoms with Crippen molar-refractivity contribution < 1.29 is 0 Å². The van der Waals surface area contributed by atoms with Crippen LogP contribution in [0.3, 0.4) is 0 Å². The van der Waals surface area contributed by atoms with Gasteiger partial charge in [-0.15, -0.1) is 0 Å². The van der Waals surface area contributed by atoms with Gasteiger partial charge < -0.3 is 10.3 Å². The number of benzene rings is 1. The van der Waals surface area contributed by atoms with Crippen molar-refractivity contribution in [3.05, 3.63) is 41.4 Å². The molecule has 3 aromatic rings. The predicted octanol–water partition coefficient (Wildman–Crippen LogP) is 2.85. The van der Waals surface area contributed by atoms with Gasteiger partial charge in [0.1, 0.15) is 5.82 Å². The van der Waals surface area contributed by atoms with Gasteiger partial charge in [-0.25, -0.2) is 4.98 Å². The van der Waals surface area contributed by atoms with Crippen LogP contribution in [0.5, 0.6) is 0 Å². The number of imidazole rings is 1. The van der Waals surface area contributed by atoms with Crippen LogP contribution in [0.25, 0.3) is 11.0 Å². The summed E-state index contributed by atoms with van der Waals surface area (Å²) in [5, 5.41) is 4.99. The number of nitrogens with two attached hydrogens (primary N) is 1. The van der Waals surface area contributed by atoms with Crippen LogP contribution < -0.4 is 5.73 Å². The second kappa shape index (κ2) is 4.24. The number of fused-ring (bicyclic) bond motifs is 1. The summed E-state index contributed by atoms with van der Waals surface area (Å²) < 4.78 is 4.07. The monoisotopic (exact) mass is 287 g/mol. The number of nitrogen functional groups attached to an aromatic ring is 1. The first-order valence-corrected chi connectivity index (χ1v) is 7.03. The van der Waals surface area contributed by atoms with E-state index in [1.807, 2.05) is 29.1 Å². The van der Waals surface area contributed by atoms with E-state index in [1.54, 1.807) is 6.20 Å². The third-order valence-corrected chi connectivity index (χ3v) is 3.91. The quantitative estimate of drug-likeness (QED) is 0.806. The van der Waals surface area contributed by atoms with E-state index in [0.29, 0.717) is 18.3 Å². The maximum Gasteiger partial charge on any atom is 0.131 e. The van der Waals surface area contributed by atoms with E-state index in [-0.39, 0.29) is 0 Å². The maximum absolute atomic E-state index is 6.35. The number of anilines is 1. The van der Waals surface area contributed by atoms with E-state index >= 15 is 0 Å². The molecule has 0 amide bonds. The molecule has 0 saturated heterocycles. The molecule has 2 N–H and O–H groups in total. The van der Waals surface area contributed by atoms with Gasteiger partial charge in [0.05, 0.1) is 34.5 Å². The highest BCUT2D eigenvalue weighted by Gasteiger charge is 2.29. The molecule has 20 heavy (non-hydrogen) atoms. The SMILES string of the molecule is Nc1cnn(Cc2nc3cccc(Cl)c3n2C2CC2)c1. The van der Waals surface area contributed by atoms with Crippen molar-refractivity contribution in [3.8, 4) is 0 Å². The molecule has 0 bridgehead atoms. The summed E-state index contributed by atoms with van der Waals surface area (Å²) in [7, 11) is 0. The summed E-state index contributed by atoms with van der Waals surface area (Å²) in [5.74, 6) is 0.985. The minimum atomic E-state index is 0.516. The molecule has 0 spiro atoms. The molecule has 0 radical (unpaired) electrons. The summed E-state index contributed by atoms with van der Waals surface area (Å²) >= 11 is 6.35. The van der Waals surface area contributed by atoms with Crippen molar-refractivity contribution >= 4 is 28.3 Å². The summed E-state index contributed by atoms with van der Waals surface area (Å²) in [4.78, 5) is 4.72. The summed E-state index contributed by atoms with van der Waals surface area (Å²) in [6.45, 7) is 0.610. The number of rotatable bonds is 3. The molecule has 0 aliphatic heterocycles. The van der Waals surface area contributed by atoms with Crippen LogP contribution in [0, 0.1) is 0 Å². The summed E-state index contributed by atoms with van der Waals surface area (Å²) in [5.41, 5.74) is 8.35. The molecule has 4 rings (SSSR count). The molecule has 5 nitrogen and oxygen atoms in total. The molecular formula is C14H14ClN5. The van der Waals surface area contributed by atoms with Gasteiger partial charge in [-0.3, -0.25) is 4.68 Å². The van der Waals surface area contributed by atoms with Gasteiger partial charge in [0.2, 0.25) is 0 Å². The molecule has 0 unspecified atom stereocenters. The first kappa shape index (κ1) is 11.8. The molecule has 1 aliphatic rings. The lowest BCUT2D eigenvalue weighted by molar-refractivity contribution is 0.608. The Balaban J connectivity index is 1.86. The van der Waals surface area contributed by atoms with Gasteiger partial charge >= 0.3 is 0 Å². The number of hydrogen-bond donors (Lipinski definition) is 1. The van der Waals surface area contributed by atoms with Crippen molar-refractivity contribution in [1.29, 1.82) is 0 Å². The second-order valence-electron chi connectivity index (χ2n) is 5.21.